The number of hydrogen-bond acceptors (Lipinski definition) is 10. The van der Waals surface area contributed by atoms with Crippen molar-refractivity contribution in [3.8, 4) is 5.88 Å². The first kappa shape index (κ1) is 31.8. The fourth-order valence-electron chi connectivity index (χ4n) is 5.35. The topological polar surface area (TPSA) is 112 Å². The number of halogens is 5. The van der Waals surface area contributed by atoms with Gasteiger partial charge in [0.15, 0.2) is 24.1 Å². The normalized spacial score (nSPS) is 17.4. The number of alkyl halides is 3. The number of carbonyl (C=O) groups is 1. The molecule has 2 aromatic heterocycles. The monoisotopic (exact) mass is 633 g/mol. The van der Waals surface area contributed by atoms with Gasteiger partial charge in [0.05, 0.1) is 11.4 Å². The molecule has 2 N–H and O–H groups in total. The van der Waals surface area contributed by atoms with Gasteiger partial charge in [-0.05, 0) is 44.3 Å². The number of rotatable bonds is 9. The summed E-state index contributed by atoms with van der Waals surface area (Å²) in [4.78, 5) is 34.9. The molecule has 240 valence electrons. The zero-order chi connectivity index (χ0) is 32.7. The molecule has 1 saturated heterocycles. The predicted molar refractivity (Wildman–Crippen MR) is 158 cm³/mol. The van der Waals surface area contributed by atoms with E-state index in [-0.39, 0.29) is 41.7 Å². The van der Waals surface area contributed by atoms with Gasteiger partial charge in [-0.3, -0.25) is 4.79 Å². The van der Waals surface area contributed by atoms with Gasteiger partial charge in [-0.25, -0.2) is 18.7 Å². The number of amides is 1. The molecule has 1 atom stereocenters. The van der Waals surface area contributed by atoms with Crippen molar-refractivity contribution in [1.82, 2.24) is 24.8 Å². The first-order chi connectivity index (χ1) is 21.1. The van der Waals surface area contributed by atoms with Crippen LogP contribution in [0.3, 0.4) is 0 Å². The van der Waals surface area contributed by atoms with Gasteiger partial charge in [0.1, 0.15) is 12.0 Å². The van der Waals surface area contributed by atoms with Crippen molar-refractivity contribution in [1.29, 1.82) is 0 Å². The summed E-state index contributed by atoms with van der Waals surface area (Å²) >= 11 is 0. The maximum atomic E-state index is 14.2. The van der Waals surface area contributed by atoms with Crippen LogP contribution in [-0.4, -0.2) is 83.3 Å². The molecule has 1 aromatic carbocycles. The van der Waals surface area contributed by atoms with Crippen LogP contribution >= 0.6 is 0 Å². The zero-order valence-corrected chi connectivity index (χ0v) is 25.0. The van der Waals surface area contributed by atoms with Crippen LogP contribution in [-0.2, 0) is 10.2 Å². The van der Waals surface area contributed by atoms with Crippen LogP contribution in [0.4, 0.5) is 56.7 Å². The first-order valence-corrected chi connectivity index (χ1v) is 14.0. The highest BCUT2D eigenvalue weighted by Crippen LogP contribution is 2.44. The number of ether oxygens (including phenoxy) is 1. The highest BCUT2D eigenvalue weighted by molar-refractivity contribution is 6.01. The van der Waals surface area contributed by atoms with Crippen LogP contribution < -0.4 is 25.2 Å². The van der Waals surface area contributed by atoms with E-state index in [9.17, 15) is 26.7 Å². The average molecular weight is 634 g/mol. The molecular weight excluding hydrogens is 601 g/mol. The lowest BCUT2D eigenvalue weighted by Crippen LogP contribution is -2.32. The highest BCUT2D eigenvalue weighted by atomic mass is 19.4. The number of nitrogens with zero attached hydrogens (tertiary/aromatic N) is 7. The van der Waals surface area contributed by atoms with E-state index in [2.05, 4.69) is 37.1 Å². The third kappa shape index (κ3) is 6.90. The molecule has 45 heavy (non-hydrogen) atoms. The van der Waals surface area contributed by atoms with Crippen LogP contribution in [0.5, 0.6) is 5.88 Å². The summed E-state index contributed by atoms with van der Waals surface area (Å²) in [5.74, 6) is -2.77. The Kier molecular flexibility index (Phi) is 8.53. The Labute approximate surface area is 256 Å². The average Bonchev–Trinajstić information content (AvgIpc) is 3.56. The molecule has 0 aliphatic carbocycles. The maximum absolute atomic E-state index is 14.2. The van der Waals surface area contributed by atoms with E-state index < -0.39 is 41.6 Å². The molecule has 2 aliphatic rings. The van der Waals surface area contributed by atoms with Crippen molar-refractivity contribution < 1.29 is 31.5 Å². The van der Waals surface area contributed by atoms with Crippen LogP contribution in [0.1, 0.15) is 25.8 Å². The smallest absolute Gasteiger partial charge is 0.422 e. The summed E-state index contributed by atoms with van der Waals surface area (Å²) < 4.78 is 73.2. The van der Waals surface area contributed by atoms with E-state index in [1.807, 2.05) is 37.7 Å². The molecule has 0 saturated carbocycles. The number of benzene rings is 1. The number of pyridine rings is 1. The van der Waals surface area contributed by atoms with E-state index in [0.29, 0.717) is 24.3 Å². The summed E-state index contributed by atoms with van der Waals surface area (Å²) in [6, 6.07) is 3.74. The Morgan fingerprint density at radius 1 is 1.16 bits per heavy atom. The number of carbonyl (C=O) groups excluding carboxylic acids is 1. The SMILES string of the molecule is C=CC(=O)Nc1cc(Nc2ncnc(N3CC(C)(C)c4cc(F)c(F)cc43)n2)c(OCC(F)(F)F)nc1N1CC[C@@H](N(C)C)C1. The fraction of sp³-hybridized carbons (Fsp3) is 0.414. The van der Waals surface area contributed by atoms with Crippen molar-refractivity contribution in [2.24, 2.45) is 0 Å². The Balaban J connectivity index is 1.53. The number of fused-ring (bicyclic) bond motifs is 1. The van der Waals surface area contributed by atoms with Gasteiger partial charge in [0.2, 0.25) is 23.7 Å². The van der Waals surface area contributed by atoms with E-state index in [0.717, 1.165) is 24.6 Å². The molecule has 0 spiro atoms. The zero-order valence-electron chi connectivity index (χ0n) is 25.0. The minimum absolute atomic E-state index is 0.0712. The van der Waals surface area contributed by atoms with E-state index in [1.165, 1.54) is 12.4 Å². The molecule has 0 radical (unpaired) electrons. The lowest BCUT2D eigenvalue weighted by molar-refractivity contribution is -0.153. The lowest BCUT2D eigenvalue weighted by atomic mass is 9.87. The van der Waals surface area contributed by atoms with Gasteiger partial charge in [0.25, 0.3) is 0 Å². The fourth-order valence-corrected chi connectivity index (χ4v) is 5.35. The Morgan fingerprint density at radius 3 is 2.56 bits per heavy atom. The van der Waals surface area contributed by atoms with Crippen LogP contribution in [0.25, 0.3) is 0 Å². The number of likely N-dealkylation sites (N-methyl/N-ethyl adjacent to an activating group) is 1. The molecule has 11 nitrogen and oxygen atoms in total. The van der Waals surface area contributed by atoms with Gasteiger partial charge in [-0.2, -0.15) is 23.1 Å². The summed E-state index contributed by atoms with van der Waals surface area (Å²) in [5, 5.41) is 5.51. The van der Waals surface area contributed by atoms with Crippen molar-refractivity contribution >= 4 is 40.7 Å². The van der Waals surface area contributed by atoms with E-state index in [4.69, 9.17) is 4.74 Å². The number of nitrogens with one attached hydrogen (secondary N) is 2. The van der Waals surface area contributed by atoms with Crippen molar-refractivity contribution in [3.05, 3.63) is 54.4 Å². The third-order valence-corrected chi connectivity index (χ3v) is 7.64. The summed E-state index contributed by atoms with van der Waals surface area (Å²) in [6.45, 7) is 6.90. The Morgan fingerprint density at radius 2 is 1.89 bits per heavy atom. The molecule has 3 aromatic rings. The lowest BCUT2D eigenvalue weighted by Gasteiger charge is -2.25. The molecule has 4 heterocycles. The minimum atomic E-state index is -4.66. The van der Waals surface area contributed by atoms with Gasteiger partial charge in [0, 0.05) is 37.2 Å². The number of aromatic nitrogens is 4. The predicted octanol–water partition coefficient (Wildman–Crippen LogP) is 4.92. The summed E-state index contributed by atoms with van der Waals surface area (Å²) in [7, 11) is 3.85. The number of anilines is 6. The second kappa shape index (κ2) is 12.1. The number of hydrogen-bond donors (Lipinski definition) is 2. The van der Waals surface area contributed by atoms with Gasteiger partial charge in [-0.1, -0.05) is 20.4 Å². The first-order valence-electron chi connectivity index (χ1n) is 14.0. The molecule has 16 heteroatoms. The molecule has 0 unspecified atom stereocenters. The Bertz CT molecular complexity index is 1620. The van der Waals surface area contributed by atoms with Gasteiger partial charge < -0.3 is 30.1 Å². The third-order valence-electron chi connectivity index (χ3n) is 7.64. The van der Waals surface area contributed by atoms with Crippen LogP contribution in [0.15, 0.2) is 37.2 Å². The molecule has 2 aliphatic heterocycles. The van der Waals surface area contributed by atoms with Gasteiger partial charge >= 0.3 is 6.18 Å². The molecule has 1 fully saturated rings. The van der Waals surface area contributed by atoms with E-state index in [1.54, 1.807) is 4.90 Å². The molecular formula is C29H32F5N9O2. The largest absolute Gasteiger partial charge is 0.466 e. The molecule has 0 bridgehead atoms. The minimum Gasteiger partial charge on any atom is -0.466 e. The standard InChI is InChI=1S/C29H32F5N9O2/c1-6-23(44)37-20-11-21(25(45-14-29(32,33)34)39-24(20)42-8-7-16(12-42)41(4)5)38-26-35-15-36-27(40-26)43-13-28(2,3)17-9-18(30)19(31)10-22(17)43/h6,9-11,15-16H,1,7-8,12-14H2,2-5H3,(H,37,44)(H,35,36,38,40)/t16-/m1/s1. The summed E-state index contributed by atoms with van der Waals surface area (Å²) in [5.41, 5.74) is 0.468. The molecule has 1 amide bonds. The Hall–Kier alpha value is -4.60. The van der Waals surface area contributed by atoms with Crippen LogP contribution in [0.2, 0.25) is 0 Å². The van der Waals surface area contributed by atoms with E-state index >= 15 is 0 Å². The van der Waals surface area contributed by atoms with Crippen molar-refractivity contribution in [2.45, 2.75) is 37.9 Å². The molecule has 5 rings (SSSR count). The van der Waals surface area contributed by atoms with Crippen molar-refractivity contribution in [2.75, 3.05) is 60.8 Å². The highest BCUT2D eigenvalue weighted by Gasteiger charge is 2.38. The van der Waals surface area contributed by atoms with Crippen molar-refractivity contribution in [3.63, 3.8) is 0 Å². The second-order valence-electron chi connectivity index (χ2n) is 11.6. The quantitative estimate of drug-likeness (QED) is 0.249. The second-order valence-corrected chi connectivity index (χ2v) is 11.6. The van der Waals surface area contributed by atoms with Gasteiger partial charge in [-0.15, -0.1) is 0 Å². The summed E-state index contributed by atoms with van der Waals surface area (Å²) in [6.07, 6.45) is -1.67. The maximum Gasteiger partial charge on any atom is 0.422 e. The van der Waals surface area contributed by atoms with Crippen LogP contribution in [0, 0.1) is 11.6 Å².